The first kappa shape index (κ1) is 11.7. The summed E-state index contributed by atoms with van der Waals surface area (Å²) in [6.45, 7) is 4.06. The fourth-order valence-corrected chi connectivity index (χ4v) is 2.06. The third kappa shape index (κ3) is 2.16. The first-order valence-corrected chi connectivity index (χ1v) is 5.97. The molecule has 0 aliphatic rings. The first-order chi connectivity index (χ1) is 8.15. The maximum absolute atomic E-state index is 8.98. The Labute approximate surface area is 102 Å². The molecular weight excluding hydrogens is 210 g/mol. The van der Waals surface area contributed by atoms with Crippen molar-refractivity contribution in [3.8, 4) is 6.07 Å². The number of fused-ring (bicyclic) bond motifs is 1. The second kappa shape index (κ2) is 4.58. The van der Waals surface area contributed by atoms with Gasteiger partial charge in [0.15, 0.2) is 0 Å². The molecule has 0 fully saturated rings. The van der Waals surface area contributed by atoms with E-state index in [-0.39, 0.29) is 5.92 Å². The Kier molecular flexibility index (Phi) is 3.14. The average molecular weight is 227 g/mol. The first-order valence-electron chi connectivity index (χ1n) is 5.97. The van der Waals surface area contributed by atoms with Crippen LogP contribution in [0.2, 0.25) is 0 Å². The van der Waals surface area contributed by atoms with Crippen molar-refractivity contribution in [1.82, 2.24) is 9.55 Å². The minimum absolute atomic E-state index is 0.109. The van der Waals surface area contributed by atoms with E-state index in [4.69, 9.17) is 5.26 Å². The van der Waals surface area contributed by atoms with Gasteiger partial charge in [-0.1, -0.05) is 13.0 Å². The largest absolute Gasteiger partial charge is 0.331 e. The minimum atomic E-state index is 0.109. The molecule has 1 heterocycles. The number of nitriles is 1. The molecule has 0 saturated heterocycles. The minimum Gasteiger partial charge on any atom is -0.331 e. The van der Waals surface area contributed by atoms with Gasteiger partial charge in [0, 0.05) is 7.05 Å². The second-order valence-corrected chi connectivity index (χ2v) is 4.48. The molecule has 0 spiro atoms. The van der Waals surface area contributed by atoms with Gasteiger partial charge in [-0.05, 0) is 37.5 Å². The number of aryl methyl sites for hydroxylation is 2. The van der Waals surface area contributed by atoms with Crippen molar-refractivity contribution in [2.75, 3.05) is 0 Å². The number of hydrogen-bond acceptors (Lipinski definition) is 2. The van der Waals surface area contributed by atoms with Gasteiger partial charge in [0.25, 0.3) is 0 Å². The summed E-state index contributed by atoms with van der Waals surface area (Å²) in [7, 11) is 2.02. The quantitative estimate of drug-likeness (QED) is 0.809. The Morgan fingerprint density at radius 3 is 2.88 bits per heavy atom. The van der Waals surface area contributed by atoms with E-state index < -0.39 is 0 Å². The molecule has 1 unspecified atom stereocenters. The van der Waals surface area contributed by atoms with Crippen LogP contribution in [0, 0.1) is 24.2 Å². The summed E-state index contributed by atoms with van der Waals surface area (Å²) in [5, 5.41) is 8.98. The van der Waals surface area contributed by atoms with Crippen LogP contribution in [0.4, 0.5) is 0 Å². The molecule has 2 aromatic rings. The number of aromatic nitrogens is 2. The Hall–Kier alpha value is -1.82. The summed E-state index contributed by atoms with van der Waals surface area (Å²) in [4.78, 5) is 4.51. The van der Waals surface area contributed by atoms with Crippen molar-refractivity contribution in [3.05, 3.63) is 29.6 Å². The number of imidazole rings is 1. The van der Waals surface area contributed by atoms with Crippen molar-refractivity contribution in [3.63, 3.8) is 0 Å². The van der Waals surface area contributed by atoms with Crippen LogP contribution in [0.5, 0.6) is 0 Å². The van der Waals surface area contributed by atoms with Gasteiger partial charge in [0.1, 0.15) is 5.82 Å². The van der Waals surface area contributed by atoms with Crippen LogP contribution in [-0.2, 0) is 13.5 Å². The third-order valence-electron chi connectivity index (χ3n) is 3.33. The zero-order valence-corrected chi connectivity index (χ0v) is 10.6. The molecule has 17 heavy (non-hydrogen) atoms. The fourth-order valence-electron chi connectivity index (χ4n) is 2.06. The molecule has 1 atom stereocenters. The summed E-state index contributed by atoms with van der Waals surface area (Å²) >= 11 is 0. The van der Waals surface area contributed by atoms with Gasteiger partial charge in [-0.25, -0.2) is 4.98 Å². The Balaban J connectivity index is 2.36. The molecule has 3 heteroatoms. The molecule has 1 aromatic carbocycles. The molecule has 0 aliphatic carbocycles. The highest BCUT2D eigenvalue weighted by Gasteiger charge is 2.08. The number of benzene rings is 1. The average Bonchev–Trinajstić information content (AvgIpc) is 2.62. The highest BCUT2D eigenvalue weighted by molar-refractivity contribution is 5.76. The van der Waals surface area contributed by atoms with E-state index in [2.05, 4.69) is 40.7 Å². The van der Waals surface area contributed by atoms with Gasteiger partial charge in [0.2, 0.25) is 0 Å². The van der Waals surface area contributed by atoms with Crippen molar-refractivity contribution in [1.29, 1.82) is 5.26 Å². The molecule has 0 radical (unpaired) electrons. The third-order valence-corrected chi connectivity index (χ3v) is 3.33. The van der Waals surface area contributed by atoms with Crippen molar-refractivity contribution in [2.24, 2.45) is 13.0 Å². The smallest absolute Gasteiger partial charge is 0.106 e. The summed E-state index contributed by atoms with van der Waals surface area (Å²) in [6.07, 6.45) is 1.72. The normalized spacial score (nSPS) is 12.6. The summed E-state index contributed by atoms with van der Waals surface area (Å²) in [5.41, 5.74) is 3.37. The maximum Gasteiger partial charge on any atom is 0.106 e. The van der Waals surface area contributed by atoms with Crippen LogP contribution in [0.15, 0.2) is 18.2 Å². The van der Waals surface area contributed by atoms with E-state index >= 15 is 0 Å². The Morgan fingerprint density at radius 2 is 2.24 bits per heavy atom. The summed E-state index contributed by atoms with van der Waals surface area (Å²) < 4.78 is 2.08. The van der Waals surface area contributed by atoms with E-state index in [9.17, 15) is 0 Å². The molecule has 3 nitrogen and oxygen atoms in total. The molecule has 0 saturated carbocycles. The van der Waals surface area contributed by atoms with Gasteiger partial charge in [-0.3, -0.25) is 0 Å². The van der Waals surface area contributed by atoms with Gasteiger partial charge < -0.3 is 4.57 Å². The van der Waals surface area contributed by atoms with Crippen LogP contribution < -0.4 is 0 Å². The lowest BCUT2D eigenvalue weighted by atomic mass is 9.98. The van der Waals surface area contributed by atoms with Gasteiger partial charge in [-0.15, -0.1) is 0 Å². The molecule has 1 aromatic heterocycles. The lowest BCUT2D eigenvalue weighted by Crippen LogP contribution is -1.99. The van der Waals surface area contributed by atoms with Crippen LogP contribution in [0.1, 0.15) is 24.7 Å². The molecular formula is C14H17N3. The lowest BCUT2D eigenvalue weighted by Gasteiger charge is -2.05. The molecule has 0 amide bonds. The fraction of sp³-hybridized carbons (Fsp3) is 0.429. The van der Waals surface area contributed by atoms with E-state index in [1.165, 1.54) is 5.56 Å². The van der Waals surface area contributed by atoms with Crippen LogP contribution in [0.25, 0.3) is 11.0 Å². The van der Waals surface area contributed by atoms with Crippen molar-refractivity contribution >= 4 is 11.0 Å². The topological polar surface area (TPSA) is 41.6 Å². The zero-order valence-electron chi connectivity index (χ0n) is 10.6. The van der Waals surface area contributed by atoms with Gasteiger partial charge in [-0.2, -0.15) is 5.26 Å². The molecule has 0 bridgehead atoms. The zero-order chi connectivity index (χ0) is 12.4. The van der Waals surface area contributed by atoms with E-state index in [0.717, 1.165) is 29.7 Å². The highest BCUT2D eigenvalue weighted by Crippen LogP contribution is 2.19. The van der Waals surface area contributed by atoms with Crippen LogP contribution >= 0.6 is 0 Å². The predicted octanol–water partition coefficient (Wildman–Crippen LogP) is 2.97. The Morgan fingerprint density at radius 1 is 1.47 bits per heavy atom. The summed E-state index contributed by atoms with van der Waals surface area (Å²) in [5.74, 6) is 1.13. The van der Waals surface area contributed by atoms with Crippen LogP contribution in [0.3, 0.4) is 0 Å². The van der Waals surface area contributed by atoms with Gasteiger partial charge >= 0.3 is 0 Å². The molecule has 0 aliphatic heterocycles. The number of hydrogen-bond donors (Lipinski definition) is 0. The number of nitrogens with zero attached hydrogens (tertiary/aromatic N) is 3. The standard InChI is InChI=1S/C14H17N3/c1-4-11(9-15)7-12-5-6-14-13(8-12)16-10(2)17(14)3/h5-6,8,11H,4,7H2,1-3H3. The summed E-state index contributed by atoms with van der Waals surface area (Å²) in [6, 6.07) is 8.63. The molecule has 2 rings (SSSR count). The van der Waals surface area contributed by atoms with Gasteiger partial charge in [0.05, 0.1) is 23.0 Å². The van der Waals surface area contributed by atoms with Crippen molar-refractivity contribution < 1.29 is 0 Å². The monoisotopic (exact) mass is 227 g/mol. The van der Waals surface area contributed by atoms with Crippen LogP contribution in [-0.4, -0.2) is 9.55 Å². The van der Waals surface area contributed by atoms with E-state index in [1.807, 2.05) is 14.0 Å². The number of rotatable bonds is 3. The predicted molar refractivity (Wildman–Crippen MR) is 68.5 cm³/mol. The molecule has 0 N–H and O–H groups in total. The van der Waals surface area contributed by atoms with E-state index in [1.54, 1.807) is 0 Å². The second-order valence-electron chi connectivity index (χ2n) is 4.48. The SMILES string of the molecule is CCC(C#N)Cc1ccc2c(c1)nc(C)n2C. The lowest BCUT2D eigenvalue weighted by molar-refractivity contribution is 0.638. The van der Waals surface area contributed by atoms with Crippen molar-refractivity contribution in [2.45, 2.75) is 26.7 Å². The maximum atomic E-state index is 8.98. The highest BCUT2D eigenvalue weighted by atomic mass is 15.0. The molecule has 88 valence electrons. The van der Waals surface area contributed by atoms with E-state index in [0.29, 0.717) is 0 Å². The Bertz CT molecular complexity index is 575.